The van der Waals surface area contributed by atoms with Gasteiger partial charge in [-0.25, -0.2) is 14.9 Å². The molecule has 2 aromatic carbocycles. The summed E-state index contributed by atoms with van der Waals surface area (Å²) in [5.74, 6) is 1.24. The van der Waals surface area contributed by atoms with Gasteiger partial charge in [-0.1, -0.05) is 17.7 Å². The van der Waals surface area contributed by atoms with Crippen LogP contribution in [-0.2, 0) is 24.3 Å². The third-order valence-electron chi connectivity index (χ3n) is 6.96. The zero-order valence-corrected chi connectivity index (χ0v) is 23.4. The Balaban J connectivity index is 1.65. The predicted octanol–water partition coefficient (Wildman–Crippen LogP) is 3.58. The van der Waals surface area contributed by atoms with E-state index in [4.69, 9.17) is 14.5 Å². The van der Waals surface area contributed by atoms with Crippen LogP contribution in [0, 0.1) is 20.8 Å². The number of fused-ring (bicyclic) bond motifs is 3. The third kappa shape index (κ3) is 5.27. The van der Waals surface area contributed by atoms with Crippen LogP contribution in [0.4, 0.5) is 11.6 Å². The number of carbonyl (C=O) groups excluding carboxylic acids is 1. The zero-order valence-electron chi connectivity index (χ0n) is 23.4. The van der Waals surface area contributed by atoms with E-state index in [0.717, 1.165) is 39.2 Å². The highest BCUT2D eigenvalue weighted by Crippen LogP contribution is 2.37. The number of carbonyl (C=O) groups is 1. The van der Waals surface area contributed by atoms with Gasteiger partial charge in [-0.3, -0.25) is 19.2 Å². The molecule has 11 heteroatoms. The summed E-state index contributed by atoms with van der Waals surface area (Å²) in [6, 6.07) is 9.98. The third-order valence-corrected chi connectivity index (χ3v) is 6.96. The molecule has 0 unspecified atom stereocenters. The minimum absolute atomic E-state index is 0.0520. The highest BCUT2D eigenvalue weighted by molar-refractivity contribution is 5.88. The van der Waals surface area contributed by atoms with Crippen LogP contribution in [0.1, 0.15) is 35.6 Å². The van der Waals surface area contributed by atoms with Crippen molar-refractivity contribution in [2.45, 2.75) is 53.6 Å². The second-order valence-electron chi connectivity index (χ2n) is 9.81. The van der Waals surface area contributed by atoms with E-state index in [-0.39, 0.29) is 30.5 Å². The molecule has 1 amide bonds. The van der Waals surface area contributed by atoms with Crippen molar-refractivity contribution in [3.05, 3.63) is 74.9 Å². The van der Waals surface area contributed by atoms with Crippen LogP contribution in [0.3, 0.4) is 0 Å². The summed E-state index contributed by atoms with van der Waals surface area (Å²) in [6.07, 6.45) is 2.02. The van der Waals surface area contributed by atoms with E-state index in [1.165, 1.54) is 6.33 Å². The molecule has 3 heterocycles. The number of hydrogen-bond donors (Lipinski definition) is 2. The van der Waals surface area contributed by atoms with Gasteiger partial charge in [-0.2, -0.15) is 10.1 Å². The number of methoxy groups -OCH3 is 1. The molecule has 0 aliphatic carbocycles. The molecule has 5 rings (SSSR count). The number of ether oxygens (including phenoxy) is 2. The highest BCUT2D eigenvalue weighted by atomic mass is 16.5. The lowest BCUT2D eigenvalue weighted by Gasteiger charge is -2.25. The zero-order chi connectivity index (χ0) is 28.4. The van der Waals surface area contributed by atoms with Crippen molar-refractivity contribution in [2.24, 2.45) is 4.99 Å². The lowest BCUT2D eigenvalue weighted by Crippen LogP contribution is -2.42. The molecule has 0 spiro atoms. The average Bonchev–Trinajstić information content (AvgIpc) is 3.43. The van der Waals surface area contributed by atoms with Gasteiger partial charge in [0.05, 0.1) is 25.1 Å². The summed E-state index contributed by atoms with van der Waals surface area (Å²) >= 11 is 0. The molecule has 0 atom stereocenters. The Labute approximate surface area is 231 Å². The van der Waals surface area contributed by atoms with E-state index in [0.29, 0.717) is 36.6 Å². The van der Waals surface area contributed by atoms with Crippen LogP contribution in [0.15, 0.2) is 46.4 Å². The Bertz CT molecular complexity index is 1680. The second-order valence-corrected chi connectivity index (χ2v) is 9.81. The minimum Gasteiger partial charge on any atom is -0.493 e. The first-order chi connectivity index (χ1) is 19.3. The number of aromatic amines is 1. The number of hydrogen-bond acceptors (Lipinski definition) is 7. The number of H-pyrrole nitrogens is 1. The molecular weight excluding hydrogens is 510 g/mol. The maximum atomic E-state index is 14.0. The largest absolute Gasteiger partial charge is 0.493 e. The van der Waals surface area contributed by atoms with Crippen molar-refractivity contribution in [3.8, 4) is 22.8 Å². The lowest BCUT2D eigenvalue weighted by molar-refractivity contribution is -0.116. The van der Waals surface area contributed by atoms with Gasteiger partial charge in [-0.15, -0.1) is 0 Å². The van der Waals surface area contributed by atoms with Crippen molar-refractivity contribution < 1.29 is 14.3 Å². The smallest absolute Gasteiger partial charge is 0.330 e. The molecule has 1 aliphatic rings. The van der Waals surface area contributed by atoms with E-state index in [2.05, 4.69) is 32.6 Å². The first kappa shape index (κ1) is 26.9. The molecule has 0 bridgehead atoms. The molecule has 208 valence electrons. The molecular formula is C29H33N7O4. The predicted molar refractivity (Wildman–Crippen MR) is 151 cm³/mol. The van der Waals surface area contributed by atoms with Gasteiger partial charge in [0.15, 0.2) is 11.5 Å². The fraction of sp³-hybridized carbons (Fsp3) is 0.345. The standard InChI is InChI=1S/C29H33N7O4/c1-6-40-24-13-20-7-9-35-22(21(20)14-23(24)39-5)15-25(32-27-18(3)11-17(2)12-19(27)4)36(29(35)38)10-8-26(37)33-28-30-16-31-34-28/h11-16H,6-10H2,1-5H3,(H2,30,31,33,34,37). The van der Waals surface area contributed by atoms with Crippen LogP contribution in [0.2, 0.25) is 0 Å². The number of aryl methyl sites for hydroxylation is 4. The van der Waals surface area contributed by atoms with Gasteiger partial charge in [0, 0.05) is 31.1 Å². The molecule has 2 N–H and O–H groups in total. The van der Waals surface area contributed by atoms with Gasteiger partial charge >= 0.3 is 5.69 Å². The summed E-state index contributed by atoms with van der Waals surface area (Å²) < 4.78 is 14.7. The summed E-state index contributed by atoms with van der Waals surface area (Å²) in [5.41, 5.74) is 6.91. The number of amides is 1. The van der Waals surface area contributed by atoms with Gasteiger partial charge in [0.2, 0.25) is 11.9 Å². The molecule has 0 radical (unpaired) electrons. The number of rotatable bonds is 8. The Morgan fingerprint density at radius 3 is 2.58 bits per heavy atom. The summed E-state index contributed by atoms with van der Waals surface area (Å²) in [7, 11) is 1.60. The van der Waals surface area contributed by atoms with Crippen molar-refractivity contribution in [3.63, 3.8) is 0 Å². The van der Waals surface area contributed by atoms with Gasteiger partial charge in [-0.05, 0) is 62.9 Å². The van der Waals surface area contributed by atoms with Crippen molar-refractivity contribution >= 4 is 17.5 Å². The highest BCUT2D eigenvalue weighted by Gasteiger charge is 2.23. The molecule has 40 heavy (non-hydrogen) atoms. The van der Waals surface area contributed by atoms with E-state index < -0.39 is 0 Å². The average molecular weight is 544 g/mol. The number of nitrogens with zero attached hydrogens (tertiary/aromatic N) is 5. The van der Waals surface area contributed by atoms with Gasteiger partial charge in [0.1, 0.15) is 11.8 Å². The second kappa shape index (κ2) is 11.2. The van der Waals surface area contributed by atoms with Crippen LogP contribution in [0.5, 0.6) is 11.5 Å². The first-order valence-electron chi connectivity index (χ1n) is 13.3. The number of aromatic nitrogens is 5. The van der Waals surface area contributed by atoms with Crippen LogP contribution in [-0.4, -0.2) is 43.9 Å². The fourth-order valence-electron chi connectivity index (χ4n) is 5.21. The monoisotopic (exact) mass is 543 g/mol. The van der Waals surface area contributed by atoms with Crippen LogP contribution >= 0.6 is 0 Å². The van der Waals surface area contributed by atoms with Crippen molar-refractivity contribution in [1.29, 1.82) is 0 Å². The number of nitrogens with one attached hydrogen (secondary N) is 2. The SMILES string of the molecule is CCOc1cc2c(cc1OC)-c1cc(=Nc3c(C)cc(C)cc3C)n(CCC(=O)Nc3ncn[nH]3)c(=O)n1CC2. The normalized spacial score (nSPS) is 12.6. The molecule has 0 saturated carbocycles. The Morgan fingerprint density at radius 2 is 1.90 bits per heavy atom. The van der Waals surface area contributed by atoms with E-state index >= 15 is 0 Å². The Kier molecular flexibility index (Phi) is 7.54. The van der Waals surface area contributed by atoms with Crippen LogP contribution in [0.25, 0.3) is 11.3 Å². The lowest BCUT2D eigenvalue weighted by atomic mass is 9.97. The Hall–Kier alpha value is -4.67. The van der Waals surface area contributed by atoms with Gasteiger partial charge in [0.25, 0.3) is 0 Å². The molecule has 2 aromatic heterocycles. The molecule has 4 aromatic rings. The van der Waals surface area contributed by atoms with Crippen molar-refractivity contribution in [2.75, 3.05) is 19.0 Å². The quantitative estimate of drug-likeness (QED) is 0.350. The maximum absolute atomic E-state index is 14.0. The first-order valence-corrected chi connectivity index (χ1v) is 13.3. The number of anilines is 1. The summed E-state index contributed by atoms with van der Waals surface area (Å²) in [5, 5.41) is 9.01. The minimum atomic E-state index is -0.293. The topological polar surface area (TPSA) is 128 Å². The number of benzene rings is 2. The molecule has 0 fully saturated rings. The van der Waals surface area contributed by atoms with Gasteiger partial charge < -0.3 is 9.47 Å². The van der Waals surface area contributed by atoms with E-state index in [1.807, 2.05) is 45.9 Å². The summed E-state index contributed by atoms with van der Waals surface area (Å²) in [4.78, 5) is 35.5. The van der Waals surface area contributed by atoms with Crippen LogP contribution < -0.4 is 26.0 Å². The molecule has 0 saturated heterocycles. The van der Waals surface area contributed by atoms with Crippen molar-refractivity contribution in [1.82, 2.24) is 24.3 Å². The van der Waals surface area contributed by atoms with E-state index in [1.54, 1.807) is 16.2 Å². The molecule has 1 aliphatic heterocycles. The molecule has 11 nitrogen and oxygen atoms in total. The summed E-state index contributed by atoms with van der Waals surface area (Å²) in [6.45, 7) is 9.15. The maximum Gasteiger partial charge on any atom is 0.330 e. The van der Waals surface area contributed by atoms with E-state index in [9.17, 15) is 9.59 Å². The Morgan fingerprint density at radius 1 is 1.12 bits per heavy atom. The fourth-order valence-corrected chi connectivity index (χ4v) is 5.21.